The van der Waals surface area contributed by atoms with E-state index in [9.17, 15) is 0 Å². The highest BCUT2D eigenvalue weighted by Gasteiger charge is 2.20. The molecule has 1 aliphatic heterocycles. The van der Waals surface area contributed by atoms with Crippen LogP contribution < -0.4 is 10.6 Å². The summed E-state index contributed by atoms with van der Waals surface area (Å²) in [6.45, 7) is 3.71. The molecule has 1 unspecified atom stereocenters. The maximum atomic E-state index is 5.85. The second-order valence-electron chi connectivity index (χ2n) is 4.39. The first-order valence-electron chi connectivity index (χ1n) is 6.07. The van der Waals surface area contributed by atoms with Crippen molar-refractivity contribution >= 4 is 5.82 Å². The first-order valence-corrected chi connectivity index (χ1v) is 6.07. The minimum absolute atomic E-state index is 0.441. The Bertz CT molecular complexity index is 340. The number of anilines is 1. The lowest BCUT2D eigenvalue weighted by Gasteiger charge is -2.30. The number of hydrogen-bond acceptors (Lipinski definition) is 4. The summed E-state index contributed by atoms with van der Waals surface area (Å²) < 4.78 is 0. The van der Waals surface area contributed by atoms with Crippen molar-refractivity contribution in [3.05, 3.63) is 18.1 Å². The Morgan fingerprint density at radius 1 is 1.44 bits per heavy atom. The van der Waals surface area contributed by atoms with E-state index in [4.69, 9.17) is 5.73 Å². The van der Waals surface area contributed by atoms with Gasteiger partial charge in [0.05, 0.1) is 0 Å². The molecule has 0 bridgehead atoms. The lowest BCUT2D eigenvalue weighted by molar-refractivity contribution is 0.575. The lowest BCUT2D eigenvalue weighted by Crippen LogP contribution is -2.40. The van der Waals surface area contributed by atoms with Crippen LogP contribution in [0.1, 0.15) is 31.5 Å². The van der Waals surface area contributed by atoms with Crippen LogP contribution in [0.2, 0.25) is 0 Å². The van der Waals surface area contributed by atoms with Crippen LogP contribution >= 0.6 is 0 Å². The molecule has 4 heteroatoms. The SMILES string of the molecule is Cc1nccc(N2CCCCCC2CN)n1. The van der Waals surface area contributed by atoms with Crippen molar-refractivity contribution in [1.82, 2.24) is 9.97 Å². The first-order chi connectivity index (χ1) is 7.81. The number of aromatic nitrogens is 2. The number of aryl methyl sites for hydroxylation is 1. The molecule has 2 N–H and O–H groups in total. The Morgan fingerprint density at radius 2 is 2.31 bits per heavy atom. The summed E-state index contributed by atoms with van der Waals surface area (Å²) in [7, 11) is 0. The fourth-order valence-electron chi connectivity index (χ4n) is 2.33. The zero-order valence-electron chi connectivity index (χ0n) is 9.89. The average Bonchev–Trinajstić information content (AvgIpc) is 2.53. The van der Waals surface area contributed by atoms with Gasteiger partial charge in [-0.05, 0) is 25.8 Å². The molecule has 1 aliphatic rings. The van der Waals surface area contributed by atoms with Crippen molar-refractivity contribution in [2.75, 3.05) is 18.0 Å². The third-order valence-electron chi connectivity index (χ3n) is 3.20. The second kappa shape index (κ2) is 5.25. The zero-order chi connectivity index (χ0) is 11.4. The summed E-state index contributed by atoms with van der Waals surface area (Å²) in [4.78, 5) is 11.0. The molecule has 0 spiro atoms. The van der Waals surface area contributed by atoms with Crippen molar-refractivity contribution in [2.24, 2.45) is 5.73 Å². The van der Waals surface area contributed by atoms with Crippen LogP contribution in [-0.4, -0.2) is 29.1 Å². The van der Waals surface area contributed by atoms with Crippen molar-refractivity contribution in [1.29, 1.82) is 0 Å². The maximum Gasteiger partial charge on any atom is 0.132 e. The molecule has 2 heterocycles. The molecule has 88 valence electrons. The van der Waals surface area contributed by atoms with Crippen molar-refractivity contribution in [3.8, 4) is 0 Å². The zero-order valence-corrected chi connectivity index (χ0v) is 9.89. The summed E-state index contributed by atoms with van der Waals surface area (Å²) in [5.41, 5.74) is 5.85. The molecule has 0 aromatic carbocycles. The highest BCUT2D eigenvalue weighted by molar-refractivity contribution is 5.39. The normalized spacial score (nSPS) is 21.9. The lowest BCUT2D eigenvalue weighted by atomic mass is 10.1. The van der Waals surface area contributed by atoms with Gasteiger partial charge in [-0.1, -0.05) is 12.8 Å². The Kier molecular flexibility index (Phi) is 3.72. The van der Waals surface area contributed by atoms with Gasteiger partial charge in [0.15, 0.2) is 0 Å². The van der Waals surface area contributed by atoms with E-state index in [1.165, 1.54) is 25.7 Å². The van der Waals surface area contributed by atoms with E-state index in [1.54, 1.807) is 0 Å². The number of nitrogens with zero attached hydrogens (tertiary/aromatic N) is 3. The summed E-state index contributed by atoms with van der Waals surface area (Å²) in [6.07, 6.45) is 6.83. The summed E-state index contributed by atoms with van der Waals surface area (Å²) in [5, 5.41) is 0. The molecule has 16 heavy (non-hydrogen) atoms. The standard InChI is InChI=1S/C12H20N4/c1-10-14-7-6-12(15-10)16-8-4-2-3-5-11(16)9-13/h6-7,11H,2-5,8-9,13H2,1H3. The fraction of sp³-hybridized carbons (Fsp3) is 0.667. The smallest absolute Gasteiger partial charge is 0.132 e. The van der Waals surface area contributed by atoms with E-state index < -0.39 is 0 Å². The van der Waals surface area contributed by atoms with Crippen LogP contribution in [0.4, 0.5) is 5.82 Å². The minimum Gasteiger partial charge on any atom is -0.352 e. The highest BCUT2D eigenvalue weighted by Crippen LogP contribution is 2.21. The second-order valence-corrected chi connectivity index (χ2v) is 4.39. The van der Waals surface area contributed by atoms with Crippen LogP contribution in [0.5, 0.6) is 0 Å². The molecule has 0 aliphatic carbocycles. The van der Waals surface area contributed by atoms with Crippen LogP contribution in [0, 0.1) is 6.92 Å². The van der Waals surface area contributed by atoms with Gasteiger partial charge in [0.25, 0.3) is 0 Å². The van der Waals surface area contributed by atoms with Gasteiger partial charge in [-0.2, -0.15) is 0 Å². The van der Waals surface area contributed by atoms with Gasteiger partial charge in [0.1, 0.15) is 11.6 Å². The number of hydrogen-bond donors (Lipinski definition) is 1. The van der Waals surface area contributed by atoms with E-state index >= 15 is 0 Å². The molecule has 0 amide bonds. The minimum atomic E-state index is 0.441. The predicted octanol–water partition coefficient (Wildman–Crippen LogP) is 1.49. The van der Waals surface area contributed by atoms with Crippen LogP contribution in [-0.2, 0) is 0 Å². The quantitative estimate of drug-likeness (QED) is 0.820. The first kappa shape index (κ1) is 11.3. The van der Waals surface area contributed by atoms with Gasteiger partial charge >= 0.3 is 0 Å². The van der Waals surface area contributed by atoms with Gasteiger partial charge in [0.2, 0.25) is 0 Å². The van der Waals surface area contributed by atoms with Crippen molar-refractivity contribution in [2.45, 2.75) is 38.6 Å². The van der Waals surface area contributed by atoms with E-state index in [1.807, 2.05) is 19.2 Å². The Labute approximate surface area is 96.9 Å². The number of rotatable bonds is 2. The summed E-state index contributed by atoms with van der Waals surface area (Å²) >= 11 is 0. The third-order valence-corrected chi connectivity index (χ3v) is 3.20. The van der Waals surface area contributed by atoms with Gasteiger partial charge in [0, 0.05) is 25.3 Å². The fourth-order valence-corrected chi connectivity index (χ4v) is 2.33. The molecule has 1 aromatic rings. The average molecular weight is 220 g/mol. The molecular formula is C12H20N4. The van der Waals surface area contributed by atoms with Crippen LogP contribution in [0.3, 0.4) is 0 Å². The van der Waals surface area contributed by atoms with E-state index in [0.29, 0.717) is 12.6 Å². The molecule has 4 nitrogen and oxygen atoms in total. The van der Waals surface area contributed by atoms with Crippen molar-refractivity contribution < 1.29 is 0 Å². The molecule has 1 fully saturated rings. The summed E-state index contributed by atoms with van der Waals surface area (Å²) in [5.74, 6) is 1.86. The molecule has 2 rings (SSSR count). The molecule has 1 aromatic heterocycles. The Hall–Kier alpha value is -1.16. The van der Waals surface area contributed by atoms with Gasteiger partial charge < -0.3 is 10.6 Å². The Balaban J connectivity index is 2.21. The van der Waals surface area contributed by atoms with Gasteiger partial charge in [-0.3, -0.25) is 0 Å². The Morgan fingerprint density at radius 3 is 3.06 bits per heavy atom. The van der Waals surface area contributed by atoms with Crippen molar-refractivity contribution in [3.63, 3.8) is 0 Å². The molecule has 0 saturated carbocycles. The third kappa shape index (κ3) is 2.50. The van der Waals surface area contributed by atoms with Gasteiger partial charge in [-0.15, -0.1) is 0 Å². The largest absolute Gasteiger partial charge is 0.352 e. The van der Waals surface area contributed by atoms with E-state index in [2.05, 4.69) is 14.9 Å². The number of nitrogens with two attached hydrogens (primary N) is 1. The molecular weight excluding hydrogens is 200 g/mol. The summed E-state index contributed by atoms with van der Waals surface area (Å²) in [6, 6.07) is 2.43. The maximum absolute atomic E-state index is 5.85. The van der Waals surface area contributed by atoms with Crippen LogP contribution in [0.15, 0.2) is 12.3 Å². The molecule has 0 radical (unpaired) electrons. The van der Waals surface area contributed by atoms with Crippen LogP contribution in [0.25, 0.3) is 0 Å². The van der Waals surface area contributed by atoms with E-state index in [0.717, 1.165) is 18.2 Å². The predicted molar refractivity (Wildman–Crippen MR) is 65.4 cm³/mol. The molecule has 1 atom stereocenters. The highest BCUT2D eigenvalue weighted by atomic mass is 15.2. The monoisotopic (exact) mass is 220 g/mol. The topological polar surface area (TPSA) is 55.0 Å². The van der Waals surface area contributed by atoms with E-state index in [-0.39, 0.29) is 0 Å². The molecule has 1 saturated heterocycles. The van der Waals surface area contributed by atoms with Gasteiger partial charge in [-0.25, -0.2) is 9.97 Å².